The van der Waals surface area contributed by atoms with Crippen LogP contribution < -0.4 is 4.74 Å². The number of hydrogen-bond acceptors (Lipinski definition) is 5. The summed E-state index contributed by atoms with van der Waals surface area (Å²) in [5, 5.41) is 17.3. The van der Waals surface area contributed by atoms with Gasteiger partial charge in [0, 0.05) is 18.2 Å². The van der Waals surface area contributed by atoms with Gasteiger partial charge < -0.3 is 19.1 Å². The lowest BCUT2D eigenvalue weighted by Crippen LogP contribution is -2.19. The number of aliphatic hydroxyl groups is 1. The van der Waals surface area contributed by atoms with Crippen LogP contribution in [0.2, 0.25) is 0 Å². The molecule has 0 radical (unpaired) electrons. The molecule has 3 rings (SSSR count). The van der Waals surface area contributed by atoms with Crippen LogP contribution >= 0.6 is 0 Å². The van der Waals surface area contributed by atoms with Crippen molar-refractivity contribution in [1.29, 1.82) is 0 Å². The highest BCUT2D eigenvalue weighted by Crippen LogP contribution is 2.21. The Morgan fingerprint density at radius 2 is 2.30 bits per heavy atom. The molecule has 0 spiro atoms. The number of nitrogens with zero attached hydrogens (tertiary/aromatic N) is 3. The third-order valence-corrected chi connectivity index (χ3v) is 3.15. The van der Waals surface area contributed by atoms with E-state index in [1.807, 2.05) is 4.57 Å². The molecule has 1 N–H and O–H groups in total. The molecular weight excluding hydrogens is 265 g/mol. The number of hydrogen-bond donors (Lipinski definition) is 1. The molecule has 1 aromatic heterocycles. The molecule has 1 aliphatic rings. The molecule has 0 unspecified atom stereocenters. The van der Waals surface area contributed by atoms with Gasteiger partial charge in [0.2, 0.25) is 0 Å². The average molecular weight is 279 g/mol. The van der Waals surface area contributed by atoms with Gasteiger partial charge in [0.1, 0.15) is 24.8 Å². The van der Waals surface area contributed by atoms with Crippen LogP contribution in [0.3, 0.4) is 0 Å². The number of halogens is 1. The summed E-state index contributed by atoms with van der Waals surface area (Å²) in [7, 11) is 0. The van der Waals surface area contributed by atoms with Gasteiger partial charge in [-0.15, -0.1) is 10.2 Å². The molecule has 1 aromatic carbocycles. The van der Waals surface area contributed by atoms with Crippen LogP contribution in [0.1, 0.15) is 17.2 Å². The lowest BCUT2D eigenvalue weighted by atomic mass is 10.2. The molecular formula is C13H14FN3O3. The zero-order valence-electron chi connectivity index (χ0n) is 10.8. The monoisotopic (exact) mass is 279 g/mol. The minimum atomic E-state index is -0.408. The summed E-state index contributed by atoms with van der Waals surface area (Å²) in [6.07, 6.45) is 0. The van der Waals surface area contributed by atoms with Crippen molar-refractivity contribution in [2.24, 2.45) is 0 Å². The lowest BCUT2D eigenvalue weighted by molar-refractivity contribution is 0.0794. The number of benzene rings is 1. The van der Waals surface area contributed by atoms with Crippen LogP contribution in [-0.4, -0.2) is 26.5 Å². The van der Waals surface area contributed by atoms with Crippen LogP contribution in [0.15, 0.2) is 18.2 Å². The third kappa shape index (κ3) is 2.50. The Balaban J connectivity index is 1.76. The third-order valence-electron chi connectivity index (χ3n) is 3.15. The second-order valence-corrected chi connectivity index (χ2v) is 4.44. The van der Waals surface area contributed by atoms with Crippen molar-refractivity contribution in [1.82, 2.24) is 14.8 Å². The van der Waals surface area contributed by atoms with Gasteiger partial charge in [-0.1, -0.05) is 6.07 Å². The van der Waals surface area contributed by atoms with Gasteiger partial charge in [-0.2, -0.15) is 0 Å². The summed E-state index contributed by atoms with van der Waals surface area (Å²) in [5.41, 5.74) is 0.535. The Labute approximate surface area is 114 Å². The van der Waals surface area contributed by atoms with E-state index in [0.717, 1.165) is 5.82 Å². The molecule has 0 aliphatic carbocycles. The first kappa shape index (κ1) is 13.0. The lowest BCUT2D eigenvalue weighted by Gasteiger charge is -2.16. The fourth-order valence-electron chi connectivity index (χ4n) is 2.10. The van der Waals surface area contributed by atoms with Crippen LogP contribution in [-0.2, 0) is 31.1 Å². The molecule has 2 heterocycles. The first-order chi connectivity index (χ1) is 9.78. The molecule has 20 heavy (non-hydrogen) atoms. The smallest absolute Gasteiger partial charge is 0.171 e. The molecule has 7 heteroatoms. The number of rotatable bonds is 4. The van der Waals surface area contributed by atoms with Crippen LogP contribution in [0.4, 0.5) is 4.39 Å². The summed E-state index contributed by atoms with van der Waals surface area (Å²) in [5.74, 6) is 1.33. The maximum absolute atomic E-state index is 13.2. The molecule has 0 amide bonds. The molecule has 0 atom stereocenters. The van der Waals surface area contributed by atoms with Crippen molar-refractivity contribution >= 4 is 0 Å². The maximum atomic E-state index is 13.2. The van der Waals surface area contributed by atoms with E-state index in [9.17, 15) is 9.50 Å². The number of aliphatic hydroxyl groups excluding tert-OH is 1. The number of fused-ring (bicyclic) bond motifs is 1. The van der Waals surface area contributed by atoms with Crippen molar-refractivity contribution in [3.8, 4) is 5.75 Å². The maximum Gasteiger partial charge on any atom is 0.171 e. The molecule has 0 saturated carbocycles. The number of ether oxygens (including phenoxy) is 2. The van der Waals surface area contributed by atoms with Crippen molar-refractivity contribution in [3.63, 3.8) is 0 Å². The molecule has 0 saturated heterocycles. The van der Waals surface area contributed by atoms with Crippen LogP contribution in [0.5, 0.6) is 5.75 Å². The van der Waals surface area contributed by atoms with E-state index in [4.69, 9.17) is 9.47 Å². The van der Waals surface area contributed by atoms with Gasteiger partial charge in [0.05, 0.1) is 13.2 Å². The van der Waals surface area contributed by atoms with Gasteiger partial charge >= 0.3 is 0 Å². The van der Waals surface area contributed by atoms with E-state index >= 15 is 0 Å². The van der Waals surface area contributed by atoms with Crippen molar-refractivity contribution in [3.05, 3.63) is 41.2 Å². The van der Waals surface area contributed by atoms with Crippen LogP contribution in [0.25, 0.3) is 0 Å². The van der Waals surface area contributed by atoms with Gasteiger partial charge in [0.15, 0.2) is 11.6 Å². The standard InChI is InChI=1S/C13H14FN3O3/c14-10-2-1-9(6-18)11(5-10)20-8-13-16-15-12-7-19-4-3-17(12)13/h1-2,5,18H,3-4,6-8H2. The predicted molar refractivity (Wildman–Crippen MR) is 66.3 cm³/mol. The topological polar surface area (TPSA) is 69.4 Å². The van der Waals surface area contributed by atoms with E-state index < -0.39 is 5.82 Å². The quantitative estimate of drug-likeness (QED) is 0.905. The van der Waals surface area contributed by atoms with Crippen molar-refractivity contribution in [2.45, 2.75) is 26.4 Å². The highest BCUT2D eigenvalue weighted by molar-refractivity contribution is 5.33. The summed E-state index contributed by atoms with van der Waals surface area (Å²) < 4.78 is 26.0. The normalized spacial score (nSPS) is 14.1. The molecule has 1 aliphatic heterocycles. The van der Waals surface area contributed by atoms with Gasteiger partial charge in [0.25, 0.3) is 0 Å². The van der Waals surface area contributed by atoms with E-state index in [2.05, 4.69) is 10.2 Å². The molecule has 106 valence electrons. The Kier molecular flexibility index (Phi) is 3.62. The van der Waals surface area contributed by atoms with Gasteiger partial charge in [-0.25, -0.2) is 4.39 Å². The van der Waals surface area contributed by atoms with E-state index in [0.29, 0.717) is 36.9 Å². The fourth-order valence-corrected chi connectivity index (χ4v) is 2.10. The van der Waals surface area contributed by atoms with E-state index in [1.54, 1.807) is 0 Å². The minimum absolute atomic E-state index is 0.170. The van der Waals surface area contributed by atoms with Gasteiger partial charge in [-0.3, -0.25) is 0 Å². The van der Waals surface area contributed by atoms with Crippen molar-refractivity contribution in [2.75, 3.05) is 6.61 Å². The second-order valence-electron chi connectivity index (χ2n) is 4.44. The summed E-state index contributed by atoms with van der Waals surface area (Å²) >= 11 is 0. The molecule has 0 bridgehead atoms. The Hall–Kier alpha value is -1.99. The fraction of sp³-hybridized carbons (Fsp3) is 0.385. The molecule has 2 aromatic rings. The van der Waals surface area contributed by atoms with Gasteiger partial charge in [-0.05, 0) is 6.07 Å². The van der Waals surface area contributed by atoms with E-state index in [-0.39, 0.29) is 13.2 Å². The first-order valence-corrected chi connectivity index (χ1v) is 6.28. The zero-order valence-corrected chi connectivity index (χ0v) is 10.8. The van der Waals surface area contributed by atoms with Crippen molar-refractivity contribution < 1.29 is 19.0 Å². The minimum Gasteiger partial charge on any atom is -0.485 e. The van der Waals surface area contributed by atoms with Crippen LogP contribution in [0, 0.1) is 5.82 Å². The number of aromatic nitrogens is 3. The molecule has 6 nitrogen and oxygen atoms in total. The summed E-state index contributed by atoms with van der Waals surface area (Å²) in [4.78, 5) is 0. The van der Waals surface area contributed by atoms with E-state index in [1.165, 1.54) is 18.2 Å². The molecule has 0 fully saturated rings. The Morgan fingerprint density at radius 1 is 1.40 bits per heavy atom. The zero-order chi connectivity index (χ0) is 13.9. The Bertz CT molecular complexity index is 615. The highest BCUT2D eigenvalue weighted by atomic mass is 19.1. The Morgan fingerprint density at radius 3 is 3.15 bits per heavy atom. The predicted octanol–water partition coefficient (Wildman–Crippen LogP) is 1.02. The first-order valence-electron chi connectivity index (χ1n) is 6.28. The second kappa shape index (κ2) is 5.56. The largest absolute Gasteiger partial charge is 0.485 e. The average Bonchev–Trinajstić information content (AvgIpc) is 2.88. The SMILES string of the molecule is OCc1ccc(F)cc1OCc1nnc2n1CCOC2. The summed E-state index contributed by atoms with van der Waals surface area (Å²) in [6.45, 7) is 1.69. The summed E-state index contributed by atoms with van der Waals surface area (Å²) in [6, 6.07) is 4.04. The highest BCUT2D eigenvalue weighted by Gasteiger charge is 2.16.